The molecule has 19 heavy (non-hydrogen) atoms. The zero-order valence-electron chi connectivity index (χ0n) is 11.6. The number of ether oxygens (including phenoxy) is 1. The minimum atomic E-state index is -0.580. The molecule has 1 fully saturated rings. The Balaban J connectivity index is 2.70. The second kappa shape index (κ2) is 5.06. The highest BCUT2D eigenvalue weighted by atomic mass is 16.5. The van der Waals surface area contributed by atoms with E-state index in [0.717, 1.165) is 42.4 Å². The fraction of sp³-hybridized carbons (Fsp3) is 0.533. The molecule has 0 unspecified atom stereocenters. The molecule has 0 atom stereocenters. The van der Waals surface area contributed by atoms with E-state index < -0.39 is 5.54 Å². The number of aryl methyl sites for hydroxylation is 1. The molecule has 1 aromatic rings. The van der Waals surface area contributed by atoms with Gasteiger partial charge < -0.3 is 9.84 Å². The van der Waals surface area contributed by atoms with E-state index in [-0.39, 0.29) is 5.75 Å². The number of isocyanates is 1. The zero-order chi connectivity index (χ0) is 14.0. The molecule has 102 valence electrons. The molecule has 4 heteroatoms. The minimum absolute atomic E-state index is 0.143. The van der Waals surface area contributed by atoms with Gasteiger partial charge in [-0.1, -0.05) is 12.8 Å². The van der Waals surface area contributed by atoms with Gasteiger partial charge in [-0.25, -0.2) is 4.79 Å². The van der Waals surface area contributed by atoms with Crippen molar-refractivity contribution in [1.29, 1.82) is 0 Å². The average Bonchev–Trinajstić information content (AvgIpc) is 2.86. The number of aromatic hydroxyl groups is 1. The SMILES string of the molecule is COc1c(C2(N=C=O)CCCC2)cc(C)c(C)c1O. The van der Waals surface area contributed by atoms with Crippen LogP contribution in [0.15, 0.2) is 11.1 Å². The Morgan fingerprint density at radius 1 is 1.37 bits per heavy atom. The van der Waals surface area contributed by atoms with E-state index in [2.05, 4.69) is 4.99 Å². The maximum Gasteiger partial charge on any atom is 0.235 e. The van der Waals surface area contributed by atoms with E-state index in [1.807, 2.05) is 19.9 Å². The summed E-state index contributed by atoms with van der Waals surface area (Å²) in [6.07, 6.45) is 5.31. The summed E-state index contributed by atoms with van der Waals surface area (Å²) in [7, 11) is 1.53. The summed E-state index contributed by atoms with van der Waals surface area (Å²) in [5, 5.41) is 10.2. The second-order valence-electron chi connectivity index (χ2n) is 5.19. The topological polar surface area (TPSA) is 58.9 Å². The van der Waals surface area contributed by atoms with Crippen molar-refractivity contribution in [3.63, 3.8) is 0 Å². The van der Waals surface area contributed by atoms with E-state index in [1.54, 1.807) is 6.08 Å². The summed E-state index contributed by atoms with van der Waals surface area (Å²) in [4.78, 5) is 14.8. The number of phenolic OH excluding ortho intramolecular Hbond substituents is 1. The van der Waals surface area contributed by atoms with Crippen LogP contribution in [0.4, 0.5) is 0 Å². The van der Waals surface area contributed by atoms with Gasteiger partial charge >= 0.3 is 0 Å². The van der Waals surface area contributed by atoms with Crippen LogP contribution in [0.5, 0.6) is 11.5 Å². The zero-order valence-corrected chi connectivity index (χ0v) is 11.6. The lowest BCUT2D eigenvalue weighted by atomic mass is 9.85. The standard InChI is InChI=1S/C15H19NO3/c1-10-8-12(14(19-3)13(18)11(10)2)15(16-9-17)6-4-5-7-15/h8,18H,4-7H2,1-3H3. The fourth-order valence-electron chi connectivity index (χ4n) is 2.92. The molecule has 1 aliphatic carbocycles. The number of nitrogens with zero attached hydrogens (tertiary/aromatic N) is 1. The van der Waals surface area contributed by atoms with Gasteiger partial charge in [0, 0.05) is 5.56 Å². The molecular weight excluding hydrogens is 242 g/mol. The Morgan fingerprint density at radius 3 is 2.53 bits per heavy atom. The highest BCUT2D eigenvalue weighted by Crippen LogP contribution is 2.49. The van der Waals surface area contributed by atoms with E-state index in [1.165, 1.54) is 7.11 Å². The van der Waals surface area contributed by atoms with Crippen LogP contribution in [0, 0.1) is 13.8 Å². The summed E-state index contributed by atoms with van der Waals surface area (Å²) in [6, 6.07) is 1.97. The second-order valence-corrected chi connectivity index (χ2v) is 5.19. The van der Waals surface area contributed by atoms with Crippen molar-refractivity contribution in [2.75, 3.05) is 7.11 Å². The summed E-state index contributed by atoms with van der Waals surface area (Å²) in [5.74, 6) is 0.578. The van der Waals surface area contributed by atoms with E-state index in [0.29, 0.717) is 5.75 Å². The first kappa shape index (κ1) is 13.6. The summed E-state index contributed by atoms with van der Waals surface area (Å²) in [5.41, 5.74) is 1.99. The van der Waals surface area contributed by atoms with Gasteiger partial charge in [0.15, 0.2) is 11.5 Å². The maximum absolute atomic E-state index is 10.8. The highest BCUT2D eigenvalue weighted by molar-refractivity contribution is 5.57. The van der Waals surface area contributed by atoms with E-state index in [4.69, 9.17) is 4.74 Å². The van der Waals surface area contributed by atoms with Gasteiger partial charge in [-0.2, -0.15) is 4.99 Å². The predicted octanol–water partition coefficient (Wildman–Crippen LogP) is 3.12. The number of aliphatic imine (C=N–C) groups is 1. The van der Waals surface area contributed by atoms with Crippen molar-refractivity contribution in [2.24, 2.45) is 4.99 Å². The first-order valence-corrected chi connectivity index (χ1v) is 6.52. The quantitative estimate of drug-likeness (QED) is 0.671. The van der Waals surface area contributed by atoms with Crippen molar-refractivity contribution < 1.29 is 14.6 Å². The molecule has 1 saturated carbocycles. The monoisotopic (exact) mass is 261 g/mol. The van der Waals surface area contributed by atoms with Gasteiger partial charge in [-0.15, -0.1) is 0 Å². The molecule has 1 N–H and O–H groups in total. The Morgan fingerprint density at radius 2 is 2.00 bits per heavy atom. The summed E-state index contributed by atoms with van der Waals surface area (Å²) < 4.78 is 5.36. The third-order valence-electron chi connectivity index (χ3n) is 4.16. The van der Waals surface area contributed by atoms with Crippen LogP contribution in [-0.2, 0) is 10.3 Å². The smallest absolute Gasteiger partial charge is 0.235 e. The number of hydrogen-bond donors (Lipinski definition) is 1. The third-order valence-corrected chi connectivity index (χ3v) is 4.16. The number of phenols is 1. The molecule has 0 radical (unpaired) electrons. The first-order valence-electron chi connectivity index (χ1n) is 6.52. The normalized spacial score (nSPS) is 17.0. The van der Waals surface area contributed by atoms with Crippen molar-refractivity contribution in [3.8, 4) is 11.5 Å². The van der Waals surface area contributed by atoms with Gasteiger partial charge in [0.05, 0.1) is 7.11 Å². The summed E-state index contributed by atoms with van der Waals surface area (Å²) in [6.45, 7) is 3.78. The molecule has 0 aromatic heterocycles. The van der Waals surface area contributed by atoms with Crippen LogP contribution >= 0.6 is 0 Å². The number of carbonyl (C=O) groups excluding carboxylic acids is 1. The van der Waals surface area contributed by atoms with Gasteiger partial charge in [0.2, 0.25) is 6.08 Å². The lowest BCUT2D eigenvalue weighted by Crippen LogP contribution is -2.20. The van der Waals surface area contributed by atoms with Gasteiger partial charge in [-0.05, 0) is 43.9 Å². The van der Waals surface area contributed by atoms with Gasteiger partial charge in [-0.3, -0.25) is 0 Å². The van der Waals surface area contributed by atoms with E-state index in [9.17, 15) is 9.90 Å². The van der Waals surface area contributed by atoms with Crippen molar-refractivity contribution in [1.82, 2.24) is 0 Å². The Hall–Kier alpha value is -1.80. The molecule has 2 rings (SSSR count). The van der Waals surface area contributed by atoms with Gasteiger partial charge in [0.25, 0.3) is 0 Å². The Kier molecular flexibility index (Phi) is 3.63. The molecular formula is C15H19NO3. The van der Waals surface area contributed by atoms with Crippen molar-refractivity contribution in [3.05, 3.63) is 22.8 Å². The third kappa shape index (κ3) is 2.13. The molecule has 4 nitrogen and oxygen atoms in total. The van der Waals surface area contributed by atoms with Crippen LogP contribution in [0.2, 0.25) is 0 Å². The van der Waals surface area contributed by atoms with Crippen molar-refractivity contribution in [2.45, 2.75) is 45.1 Å². The lowest BCUT2D eigenvalue weighted by molar-refractivity contribution is 0.348. The number of rotatable bonds is 3. The molecule has 0 spiro atoms. The number of hydrogen-bond acceptors (Lipinski definition) is 4. The first-order chi connectivity index (χ1) is 9.05. The Labute approximate surface area is 113 Å². The molecule has 1 aliphatic rings. The largest absolute Gasteiger partial charge is 0.504 e. The van der Waals surface area contributed by atoms with Crippen molar-refractivity contribution >= 4 is 6.08 Å². The molecule has 1 aromatic carbocycles. The van der Waals surface area contributed by atoms with Crippen LogP contribution < -0.4 is 4.74 Å². The van der Waals surface area contributed by atoms with Gasteiger partial charge in [0.1, 0.15) is 5.54 Å². The van der Waals surface area contributed by atoms with Crippen LogP contribution in [0.1, 0.15) is 42.4 Å². The maximum atomic E-state index is 10.8. The van der Waals surface area contributed by atoms with Crippen LogP contribution in [0.25, 0.3) is 0 Å². The number of benzene rings is 1. The van der Waals surface area contributed by atoms with Crippen LogP contribution in [0.3, 0.4) is 0 Å². The molecule has 0 saturated heterocycles. The fourth-order valence-corrected chi connectivity index (χ4v) is 2.92. The molecule has 0 amide bonds. The number of methoxy groups -OCH3 is 1. The van der Waals surface area contributed by atoms with E-state index >= 15 is 0 Å². The average molecular weight is 261 g/mol. The Bertz CT molecular complexity index is 539. The lowest BCUT2D eigenvalue weighted by Gasteiger charge is -2.26. The molecule has 0 heterocycles. The summed E-state index contributed by atoms with van der Waals surface area (Å²) >= 11 is 0. The minimum Gasteiger partial charge on any atom is -0.504 e. The molecule has 0 aliphatic heterocycles. The van der Waals surface area contributed by atoms with Crippen LogP contribution in [-0.4, -0.2) is 18.3 Å². The molecule has 0 bridgehead atoms. The highest BCUT2D eigenvalue weighted by Gasteiger charge is 2.39. The predicted molar refractivity (Wildman–Crippen MR) is 72.4 cm³/mol.